The average molecular weight is 430 g/mol. The third-order valence-corrected chi connectivity index (χ3v) is 7.74. The van der Waals surface area contributed by atoms with Gasteiger partial charge in [-0.05, 0) is 37.2 Å². The molecule has 1 aliphatic heterocycles. The Morgan fingerprint density at radius 2 is 1.89 bits per heavy atom. The van der Waals surface area contributed by atoms with E-state index in [1.807, 2.05) is 18.2 Å². The van der Waals surface area contributed by atoms with E-state index in [0.717, 1.165) is 61.9 Å². The van der Waals surface area contributed by atoms with E-state index >= 15 is 0 Å². The molecule has 3 rings (SSSR count). The fourth-order valence-electron chi connectivity index (χ4n) is 3.13. The number of anilines is 1. The fourth-order valence-corrected chi connectivity index (χ4v) is 5.73. The largest absolute Gasteiger partial charge is 0.495 e. The van der Waals surface area contributed by atoms with Crippen LogP contribution in [0.25, 0.3) is 0 Å². The van der Waals surface area contributed by atoms with E-state index in [0.29, 0.717) is 10.9 Å². The molecule has 6 nitrogen and oxygen atoms in total. The van der Waals surface area contributed by atoms with Crippen molar-refractivity contribution in [3.8, 4) is 5.75 Å². The molecule has 0 saturated carbocycles. The highest BCUT2D eigenvalue weighted by atomic mass is 35.5. The number of halogens is 1. The molecule has 0 unspecified atom stereocenters. The summed E-state index contributed by atoms with van der Waals surface area (Å²) in [6, 6.07) is 11.2. The summed E-state index contributed by atoms with van der Waals surface area (Å²) in [6.45, 7) is 5.05. The van der Waals surface area contributed by atoms with Crippen molar-refractivity contribution < 1.29 is 13.2 Å². The van der Waals surface area contributed by atoms with Crippen LogP contribution in [0, 0.1) is 0 Å². The standard InChI is InChI=1S/C18H24ClN3O3S2/c1-25-16-6-3-2-5-15(16)22-13-11-21(12-14-22)10-4-9-20-27(23,24)18-8-7-17(19)26-18/h2-3,5-8,20H,4,9-14H2,1H3. The van der Waals surface area contributed by atoms with E-state index in [4.69, 9.17) is 16.3 Å². The van der Waals surface area contributed by atoms with Gasteiger partial charge >= 0.3 is 0 Å². The average Bonchev–Trinajstić information content (AvgIpc) is 3.13. The number of thiophene rings is 1. The Hall–Kier alpha value is -1.32. The quantitative estimate of drug-likeness (QED) is 0.654. The van der Waals surface area contributed by atoms with E-state index in [1.165, 1.54) is 6.07 Å². The lowest BCUT2D eigenvalue weighted by Gasteiger charge is -2.36. The molecule has 27 heavy (non-hydrogen) atoms. The van der Waals surface area contributed by atoms with Crippen LogP contribution in [0.2, 0.25) is 4.34 Å². The van der Waals surface area contributed by atoms with Gasteiger partial charge in [0.2, 0.25) is 10.0 Å². The summed E-state index contributed by atoms with van der Waals surface area (Å²) in [5.41, 5.74) is 1.13. The number of ether oxygens (including phenoxy) is 1. The van der Waals surface area contributed by atoms with E-state index in [9.17, 15) is 8.42 Å². The Morgan fingerprint density at radius 1 is 1.15 bits per heavy atom. The summed E-state index contributed by atoms with van der Waals surface area (Å²) in [6.07, 6.45) is 0.771. The van der Waals surface area contributed by atoms with Gasteiger partial charge in [0.1, 0.15) is 9.96 Å². The Morgan fingerprint density at radius 3 is 2.56 bits per heavy atom. The van der Waals surface area contributed by atoms with Crippen molar-refractivity contribution in [1.82, 2.24) is 9.62 Å². The van der Waals surface area contributed by atoms with Gasteiger partial charge in [-0.2, -0.15) is 0 Å². The highest BCUT2D eigenvalue weighted by Gasteiger charge is 2.20. The SMILES string of the molecule is COc1ccccc1N1CCN(CCCNS(=O)(=O)c2ccc(Cl)s2)CC1. The van der Waals surface area contributed by atoms with Crippen LogP contribution in [-0.2, 0) is 10.0 Å². The Labute approximate surface area is 169 Å². The van der Waals surface area contributed by atoms with Crippen LogP contribution in [-0.4, -0.2) is 59.7 Å². The maximum Gasteiger partial charge on any atom is 0.250 e. The van der Waals surface area contributed by atoms with E-state index in [1.54, 1.807) is 13.2 Å². The maximum atomic E-state index is 12.2. The van der Waals surface area contributed by atoms with Gasteiger partial charge in [-0.1, -0.05) is 23.7 Å². The monoisotopic (exact) mass is 429 g/mol. The molecule has 0 bridgehead atoms. The first kappa shape index (κ1) is 20.4. The molecule has 0 amide bonds. The first-order valence-electron chi connectivity index (χ1n) is 8.85. The fraction of sp³-hybridized carbons (Fsp3) is 0.444. The number of hydrogen-bond donors (Lipinski definition) is 1. The molecule has 0 atom stereocenters. The number of methoxy groups -OCH3 is 1. The van der Waals surface area contributed by atoms with Crippen molar-refractivity contribution in [1.29, 1.82) is 0 Å². The van der Waals surface area contributed by atoms with Crippen molar-refractivity contribution in [3.63, 3.8) is 0 Å². The number of piperazine rings is 1. The smallest absolute Gasteiger partial charge is 0.250 e. The number of benzene rings is 1. The second-order valence-corrected chi connectivity index (χ2v) is 10.0. The zero-order valence-electron chi connectivity index (χ0n) is 15.2. The lowest BCUT2D eigenvalue weighted by Crippen LogP contribution is -2.47. The van der Waals surface area contributed by atoms with Gasteiger partial charge in [0, 0.05) is 32.7 Å². The molecule has 0 spiro atoms. The number of hydrogen-bond acceptors (Lipinski definition) is 6. The summed E-state index contributed by atoms with van der Waals surface area (Å²) in [5, 5.41) is 0. The normalized spacial score (nSPS) is 15.9. The predicted octanol–water partition coefficient (Wildman–Crippen LogP) is 2.90. The molecule has 1 aromatic heterocycles. The lowest BCUT2D eigenvalue weighted by molar-refractivity contribution is 0.255. The van der Waals surface area contributed by atoms with E-state index in [-0.39, 0.29) is 4.21 Å². The van der Waals surface area contributed by atoms with Crippen molar-refractivity contribution in [2.24, 2.45) is 0 Å². The minimum atomic E-state index is -3.45. The van der Waals surface area contributed by atoms with Gasteiger partial charge in [-0.3, -0.25) is 4.90 Å². The van der Waals surface area contributed by atoms with E-state index in [2.05, 4.69) is 20.6 Å². The van der Waals surface area contributed by atoms with Gasteiger partial charge < -0.3 is 9.64 Å². The van der Waals surface area contributed by atoms with Crippen LogP contribution >= 0.6 is 22.9 Å². The summed E-state index contributed by atoms with van der Waals surface area (Å²) >= 11 is 6.88. The zero-order valence-corrected chi connectivity index (χ0v) is 17.6. The Bertz CT molecular complexity index is 849. The van der Waals surface area contributed by atoms with Crippen LogP contribution in [0.15, 0.2) is 40.6 Å². The molecule has 9 heteroatoms. The lowest BCUT2D eigenvalue weighted by atomic mass is 10.2. The molecular weight excluding hydrogens is 406 g/mol. The molecule has 148 valence electrons. The molecule has 0 radical (unpaired) electrons. The number of nitrogens with one attached hydrogen (secondary N) is 1. The summed E-state index contributed by atoms with van der Waals surface area (Å²) < 4.78 is 33.2. The second-order valence-electron chi connectivity index (χ2n) is 6.31. The topological polar surface area (TPSA) is 61.9 Å². The highest BCUT2D eigenvalue weighted by Crippen LogP contribution is 2.28. The minimum absolute atomic E-state index is 0.262. The second kappa shape index (κ2) is 9.25. The molecule has 2 aromatic rings. The van der Waals surface area contributed by atoms with Crippen molar-refractivity contribution in [2.45, 2.75) is 10.6 Å². The van der Waals surface area contributed by atoms with Crippen LogP contribution in [0.4, 0.5) is 5.69 Å². The van der Waals surface area contributed by atoms with Gasteiger partial charge in [-0.15, -0.1) is 11.3 Å². The van der Waals surface area contributed by atoms with Gasteiger partial charge in [-0.25, -0.2) is 13.1 Å². The molecule has 1 aliphatic rings. The first-order chi connectivity index (χ1) is 13.0. The zero-order chi connectivity index (χ0) is 19.3. The van der Waals surface area contributed by atoms with Gasteiger partial charge in [0.05, 0.1) is 17.1 Å². The van der Waals surface area contributed by atoms with Crippen LogP contribution < -0.4 is 14.4 Å². The number of nitrogens with zero attached hydrogens (tertiary/aromatic N) is 2. The van der Waals surface area contributed by atoms with Crippen molar-refractivity contribution in [2.75, 3.05) is 51.3 Å². The van der Waals surface area contributed by atoms with Crippen molar-refractivity contribution >= 4 is 38.6 Å². The number of para-hydroxylation sites is 2. The first-order valence-corrected chi connectivity index (χ1v) is 11.5. The molecule has 1 fully saturated rings. The number of sulfonamides is 1. The molecule has 0 aliphatic carbocycles. The summed E-state index contributed by atoms with van der Waals surface area (Å²) in [7, 11) is -1.76. The summed E-state index contributed by atoms with van der Waals surface area (Å²) in [5.74, 6) is 0.897. The third-order valence-electron chi connectivity index (χ3n) is 4.55. The van der Waals surface area contributed by atoms with Crippen molar-refractivity contribution in [3.05, 3.63) is 40.7 Å². The summed E-state index contributed by atoms with van der Waals surface area (Å²) in [4.78, 5) is 4.70. The van der Waals surface area contributed by atoms with Gasteiger partial charge in [0.25, 0.3) is 0 Å². The molecule has 1 aromatic carbocycles. The van der Waals surface area contributed by atoms with Crippen LogP contribution in [0.5, 0.6) is 5.75 Å². The molecular formula is C18H24ClN3O3S2. The van der Waals surface area contributed by atoms with Gasteiger partial charge in [0.15, 0.2) is 0 Å². The Balaban J connectivity index is 1.41. The minimum Gasteiger partial charge on any atom is -0.495 e. The Kier molecular flexibility index (Phi) is 6.99. The maximum absolute atomic E-state index is 12.2. The molecule has 1 saturated heterocycles. The predicted molar refractivity (Wildman–Crippen MR) is 111 cm³/mol. The molecule has 2 heterocycles. The molecule has 1 N–H and O–H groups in total. The third kappa shape index (κ3) is 5.36. The highest BCUT2D eigenvalue weighted by molar-refractivity contribution is 7.91. The van der Waals surface area contributed by atoms with E-state index < -0.39 is 10.0 Å². The van der Waals surface area contributed by atoms with Crippen LogP contribution in [0.1, 0.15) is 6.42 Å². The number of rotatable bonds is 8. The van der Waals surface area contributed by atoms with Crippen LogP contribution in [0.3, 0.4) is 0 Å².